The third-order valence-corrected chi connectivity index (χ3v) is 4.05. The van der Waals surface area contributed by atoms with Crippen molar-refractivity contribution in [2.45, 2.75) is 6.42 Å². The summed E-state index contributed by atoms with van der Waals surface area (Å²) >= 11 is 0. The Morgan fingerprint density at radius 3 is 2.58 bits per heavy atom. The minimum Gasteiger partial charge on any atom is -0.505 e. The van der Waals surface area contributed by atoms with E-state index in [0.29, 0.717) is 16.0 Å². The summed E-state index contributed by atoms with van der Waals surface area (Å²) in [7, 11) is 1.29. The Bertz CT molecular complexity index is 983. The zero-order valence-electron chi connectivity index (χ0n) is 14.0. The summed E-state index contributed by atoms with van der Waals surface area (Å²) in [6, 6.07) is 16.6. The van der Waals surface area contributed by atoms with Crippen molar-refractivity contribution in [3.05, 3.63) is 71.8 Å². The third-order valence-electron chi connectivity index (χ3n) is 4.05. The Kier molecular flexibility index (Phi) is 4.86. The highest BCUT2D eigenvalue weighted by Crippen LogP contribution is 2.35. The van der Waals surface area contributed by atoms with Gasteiger partial charge in [0.15, 0.2) is 0 Å². The van der Waals surface area contributed by atoms with E-state index in [2.05, 4.69) is 4.74 Å². The fourth-order valence-electron chi connectivity index (χ4n) is 2.70. The summed E-state index contributed by atoms with van der Waals surface area (Å²) in [5.74, 6) is -1.34. The number of aromatic hydroxyl groups is 1. The Labute approximate surface area is 149 Å². The molecule has 3 aromatic carbocycles. The second kappa shape index (κ2) is 7.25. The van der Waals surface area contributed by atoms with Gasteiger partial charge in [-0.1, -0.05) is 42.5 Å². The van der Waals surface area contributed by atoms with Crippen molar-refractivity contribution in [2.75, 3.05) is 12.2 Å². The number of carbonyl (C=O) groups excluding carboxylic acids is 2. The van der Waals surface area contributed by atoms with Gasteiger partial charge in [0, 0.05) is 10.9 Å². The number of phenolic OH excluding ortho intramolecular Hbond substituents is 1. The summed E-state index contributed by atoms with van der Waals surface area (Å²) in [6.07, 6.45) is 0.0181. The molecule has 0 unspecified atom stereocenters. The van der Waals surface area contributed by atoms with Gasteiger partial charge in [-0.15, -0.1) is 0 Å². The van der Waals surface area contributed by atoms with E-state index in [1.807, 2.05) is 12.1 Å². The van der Waals surface area contributed by atoms with Gasteiger partial charge in [-0.25, -0.2) is 0 Å². The van der Waals surface area contributed by atoms with E-state index in [1.54, 1.807) is 30.3 Å². The van der Waals surface area contributed by atoms with Crippen LogP contribution in [0.4, 0.5) is 5.69 Å². The number of hydroxylamine groups is 1. The van der Waals surface area contributed by atoms with Crippen LogP contribution in [0.15, 0.2) is 60.7 Å². The van der Waals surface area contributed by atoms with E-state index in [9.17, 15) is 19.9 Å². The molecule has 0 aliphatic heterocycles. The fraction of sp³-hybridized carbons (Fsp3) is 0.100. The van der Waals surface area contributed by atoms with Crippen molar-refractivity contribution in [1.82, 2.24) is 0 Å². The Balaban J connectivity index is 1.92. The highest BCUT2D eigenvalue weighted by atomic mass is 16.5. The van der Waals surface area contributed by atoms with Crippen LogP contribution in [0.1, 0.15) is 15.9 Å². The average Bonchev–Trinajstić information content (AvgIpc) is 2.67. The first-order valence-electron chi connectivity index (χ1n) is 7.91. The molecule has 0 spiro atoms. The number of anilines is 1. The quantitative estimate of drug-likeness (QED) is 0.428. The molecule has 0 atom stereocenters. The molecule has 0 saturated carbocycles. The number of hydrogen-bond acceptors (Lipinski definition) is 5. The predicted octanol–water partition coefficient (Wildman–Crippen LogP) is 3.30. The van der Waals surface area contributed by atoms with Crippen molar-refractivity contribution in [2.24, 2.45) is 0 Å². The van der Waals surface area contributed by atoms with Gasteiger partial charge in [-0.3, -0.25) is 14.8 Å². The molecule has 0 aliphatic rings. The molecule has 3 aromatic rings. The Hall–Kier alpha value is -3.38. The third kappa shape index (κ3) is 3.36. The lowest BCUT2D eigenvalue weighted by Gasteiger charge is -2.17. The molecule has 6 heteroatoms. The number of hydrogen-bond donors (Lipinski definition) is 2. The molecule has 0 bridgehead atoms. The molecule has 0 radical (unpaired) electrons. The lowest BCUT2D eigenvalue weighted by molar-refractivity contribution is -0.139. The van der Waals surface area contributed by atoms with E-state index in [1.165, 1.54) is 25.3 Å². The molecule has 0 aromatic heterocycles. The van der Waals surface area contributed by atoms with Crippen molar-refractivity contribution < 1.29 is 24.6 Å². The summed E-state index contributed by atoms with van der Waals surface area (Å²) in [5, 5.41) is 22.5. The zero-order valence-corrected chi connectivity index (χ0v) is 14.0. The van der Waals surface area contributed by atoms with Crippen molar-refractivity contribution in [1.29, 1.82) is 0 Å². The first kappa shape index (κ1) is 17.4. The molecule has 6 nitrogen and oxygen atoms in total. The summed E-state index contributed by atoms with van der Waals surface area (Å²) < 4.78 is 4.61. The molecule has 3 rings (SSSR count). The Morgan fingerprint density at radius 1 is 1.04 bits per heavy atom. The number of amides is 1. The maximum absolute atomic E-state index is 12.6. The van der Waals surface area contributed by atoms with Crippen molar-refractivity contribution >= 4 is 28.3 Å². The van der Waals surface area contributed by atoms with Crippen LogP contribution in [0, 0.1) is 0 Å². The molecule has 132 valence electrons. The minimum atomic E-state index is -0.720. The molecular weight excluding hydrogens is 334 g/mol. The molecule has 0 heterocycles. The van der Waals surface area contributed by atoms with E-state index in [0.717, 1.165) is 5.39 Å². The topological polar surface area (TPSA) is 87.1 Å². The first-order chi connectivity index (χ1) is 12.5. The van der Waals surface area contributed by atoms with Gasteiger partial charge in [0.2, 0.25) is 0 Å². The monoisotopic (exact) mass is 351 g/mol. The SMILES string of the molecule is COC(=O)Cc1cccc(C(=O)N(O)c2ccc3ccccc3c2O)c1. The molecule has 1 amide bonds. The van der Waals surface area contributed by atoms with Gasteiger partial charge in [0.1, 0.15) is 11.4 Å². The van der Waals surface area contributed by atoms with E-state index in [4.69, 9.17) is 0 Å². The second-order valence-electron chi connectivity index (χ2n) is 5.72. The number of nitrogens with zero attached hydrogens (tertiary/aromatic N) is 1. The van der Waals surface area contributed by atoms with Crippen LogP contribution < -0.4 is 5.06 Å². The molecular formula is C20H17NO5. The maximum Gasteiger partial charge on any atom is 0.309 e. The number of methoxy groups -OCH3 is 1. The van der Waals surface area contributed by atoms with E-state index < -0.39 is 11.9 Å². The zero-order chi connectivity index (χ0) is 18.7. The van der Waals surface area contributed by atoms with Gasteiger partial charge in [-0.05, 0) is 29.1 Å². The van der Waals surface area contributed by atoms with Crippen LogP contribution in [-0.4, -0.2) is 29.3 Å². The van der Waals surface area contributed by atoms with Crippen LogP contribution >= 0.6 is 0 Å². The fourth-order valence-corrected chi connectivity index (χ4v) is 2.70. The predicted molar refractivity (Wildman–Crippen MR) is 96.4 cm³/mol. The second-order valence-corrected chi connectivity index (χ2v) is 5.72. The smallest absolute Gasteiger partial charge is 0.309 e. The number of fused-ring (bicyclic) bond motifs is 1. The maximum atomic E-state index is 12.6. The van der Waals surface area contributed by atoms with E-state index >= 15 is 0 Å². The highest BCUT2D eigenvalue weighted by Gasteiger charge is 2.20. The normalized spacial score (nSPS) is 10.5. The Morgan fingerprint density at radius 2 is 1.81 bits per heavy atom. The van der Waals surface area contributed by atoms with Crippen LogP contribution in [0.3, 0.4) is 0 Å². The highest BCUT2D eigenvalue weighted by molar-refractivity contribution is 6.07. The molecule has 26 heavy (non-hydrogen) atoms. The largest absolute Gasteiger partial charge is 0.505 e. The number of ether oxygens (including phenoxy) is 1. The molecule has 2 N–H and O–H groups in total. The molecule has 0 fully saturated rings. The average molecular weight is 351 g/mol. The van der Waals surface area contributed by atoms with Gasteiger partial charge < -0.3 is 9.84 Å². The molecule has 0 aliphatic carbocycles. The van der Waals surface area contributed by atoms with Crippen LogP contribution in [0.5, 0.6) is 5.75 Å². The van der Waals surface area contributed by atoms with Crippen LogP contribution in [0.25, 0.3) is 10.8 Å². The lowest BCUT2D eigenvalue weighted by Crippen LogP contribution is -2.27. The number of phenols is 1. The van der Waals surface area contributed by atoms with Gasteiger partial charge in [-0.2, -0.15) is 5.06 Å². The van der Waals surface area contributed by atoms with Crippen molar-refractivity contribution in [3.8, 4) is 5.75 Å². The minimum absolute atomic E-state index is 0.0181. The standard InChI is InChI=1S/C20H17NO5/c1-26-18(22)12-13-5-4-7-15(11-13)20(24)21(25)17-10-9-14-6-2-3-8-16(14)19(17)23/h2-11,23,25H,12H2,1H3. The van der Waals surface area contributed by atoms with Crippen LogP contribution in [-0.2, 0) is 16.0 Å². The summed E-state index contributed by atoms with van der Waals surface area (Å²) in [5.41, 5.74) is 0.743. The molecule has 0 saturated heterocycles. The van der Waals surface area contributed by atoms with E-state index in [-0.39, 0.29) is 23.4 Å². The van der Waals surface area contributed by atoms with Crippen molar-refractivity contribution in [3.63, 3.8) is 0 Å². The number of esters is 1. The number of benzene rings is 3. The van der Waals surface area contributed by atoms with Gasteiger partial charge in [0.05, 0.1) is 13.5 Å². The number of rotatable bonds is 4. The van der Waals surface area contributed by atoms with Gasteiger partial charge in [0.25, 0.3) is 5.91 Å². The summed E-state index contributed by atoms with van der Waals surface area (Å²) in [6.45, 7) is 0. The lowest BCUT2D eigenvalue weighted by atomic mass is 10.1. The van der Waals surface area contributed by atoms with Crippen LogP contribution in [0.2, 0.25) is 0 Å². The summed E-state index contributed by atoms with van der Waals surface area (Å²) in [4.78, 5) is 24.0. The number of carbonyl (C=O) groups is 2. The first-order valence-corrected chi connectivity index (χ1v) is 7.91. The van der Waals surface area contributed by atoms with Gasteiger partial charge >= 0.3 is 5.97 Å².